The van der Waals surface area contributed by atoms with Crippen LogP contribution >= 0.6 is 11.3 Å². The van der Waals surface area contributed by atoms with Crippen LogP contribution in [-0.2, 0) is 21.2 Å². The quantitative estimate of drug-likeness (QED) is 0.394. The van der Waals surface area contributed by atoms with Crippen molar-refractivity contribution in [3.63, 3.8) is 0 Å². The van der Waals surface area contributed by atoms with Gasteiger partial charge in [0.1, 0.15) is 0 Å². The van der Waals surface area contributed by atoms with Crippen LogP contribution in [0.1, 0.15) is 28.0 Å². The van der Waals surface area contributed by atoms with Gasteiger partial charge in [-0.05, 0) is 41.8 Å². The van der Waals surface area contributed by atoms with Gasteiger partial charge >= 0.3 is 0 Å². The molecule has 1 amide bonds. The first-order chi connectivity index (χ1) is 15.8. The number of fused-ring (bicyclic) bond motifs is 1. The monoisotopic (exact) mass is 483 g/mol. The van der Waals surface area contributed by atoms with E-state index in [2.05, 4.69) is 20.5 Å². The molecule has 0 aliphatic carbocycles. The van der Waals surface area contributed by atoms with Gasteiger partial charge in [0.25, 0.3) is 11.7 Å². The lowest BCUT2D eigenvalue weighted by molar-refractivity contribution is -0.122. The fraction of sp³-hybridized carbons (Fsp3) is 0.190. The molecule has 4 aromatic rings. The number of amides is 1. The van der Waals surface area contributed by atoms with Gasteiger partial charge in [0, 0.05) is 18.9 Å². The molecular weight excluding hydrogens is 466 g/mol. The van der Waals surface area contributed by atoms with E-state index in [1.807, 2.05) is 12.1 Å². The number of rotatable bonds is 6. The van der Waals surface area contributed by atoms with Crippen molar-refractivity contribution in [1.29, 1.82) is 0 Å². The van der Waals surface area contributed by atoms with Crippen LogP contribution in [0.15, 0.2) is 51.8 Å². The SMILES string of the molecule is NS(=O)(=O)c1ccc(-c2ccc3nc(C(=O)c4nnc(C[C@H]5CCNC5=O)o4)sc3c2)cc1. The molecule has 33 heavy (non-hydrogen) atoms. The molecule has 1 aliphatic rings. The summed E-state index contributed by atoms with van der Waals surface area (Å²) in [5, 5.41) is 15.8. The second-order valence-corrected chi connectivity index (χ2v) is 10.2. The Labute approximate surface area is 191 Å². The van der Waals surface area contributed by atoms with Gasteiger partial charge in [0.2, 0.25) is 21.8 Å². The lowest BCUT2D eigenvalue weighted by atomic mass is 10.0. The summed E-state index contributed by atoms with van der Waals surface area (Å²) in [5.74, 6) is -0.687. The standard InChI is InChI=1S/C21H17N5O5S2/c22-33(29,30)14-4-1-11(2-5-14)12-3-6-15-16(9-12)32-21(24-15)18(27)20-26-25-17(31-20)10-13-7-8-23-19(13)28/h1-6,9,13H,7-8,10H2,(H,23,28)(H2,22,29,30)/t13-/m1/s1. The van der Waals surface area contributed by atoms with Crippen molar-refractivity contribution in [1.82, 2.24) is 20.5 Å². The maximum atomic E-state index is 12.8. The highest BCUT2D eigenvalue weighted by molar-refractivity contribution is 7.89. The number of hydrogen-bond acceptors (Lipinski definition) is 9. The predicted molar refractivity (Wildman–Crippen MR) is 119 cm³/mol. The van der Waals surface area contributed by atoms with Gasteiger partial charge in [-0.25, -0.2) is 18.5 Å². The molecule has 5 rings (SSSR count). The van der Waals surface area contributed by atoms with Crippen LogP contribution < -0.4 is 10.5 Å². The van der Waals surface area contributed by atoms with Crippen molar-refractivity contribution >= 4 is 43.3 Å². The van der Waals surface area contributed by atoms with Gasteiger partial charge in [-0.3, -0.25) is 9.59 Å². The molecule has 3 N–H and O–H groups in total. The van der Waals surface area contributed by atoms with Crippen molar-refractivity contribution in [3.05, 3.63) is 59.3 Å². The largest absolute Gasteiger partial charge is 0.418 e. The number of sulfonamides is 1. The summed E-state index contributed by atoms with van der Waals surface area (Å²) in [7, 11) is -3.76. The van der Waals surface area contributed by atoms with Gasteiger partial charge < -0.3 is 9.73 Å². The second kappa shape index (κ2) is 8.14. The number of nitrogens with one attached hydrogen (secondary N) is 1. The molecule has 2 aromatic carbocycles. The number of hydrogen-bond donors (Lipinski definition) is 2. The average molecular weight is 484 g/mol. The van der Waals surface area contributed by atoms with E-state index in [4.69, 9.17) is 9.56 Å². The Morgan fingerprint density at radius 2 is 1.91 bits per heavy atom. The average Bonchev–Trinajstić information content (AvgIpc) is 3.53. The highest BCUT2D eigenvalue weighted by atomic mass is 32.2. The Morgan fingerprint density at radius 3 is 2.61 bits per heavy atom. The Bertz CT molecular complexity index is 1490. The van der Waals surface area contributed by atoms with E-state index >= 15 is 0 Å². The lowest BCUT2D eigenvalue weighted by Crippen LogP contribution is -2.20. The van der Waals surface area contributed by atoms with Gasteiger partial charge in [-0.1, -0.05) is 18.2 Å². The molecule has 1 fully saturated rings. The molecule has 0 radical (unpaired) electrons. The van der Waals surface area contributed by atoms with E-state index in [-0.39, 0.29) is 33.5 Å². The van der Waals surface area contributed by atoms with Crippen LogP contribution in [0.2, 0.25) is 0 Å². The van der Waals surface area contributed by atoms with Crippen molar-refractivity contribution in [3.8, 4) is 11.1 Å². The van der Waals surface area contributed by atoms with Crippen LogP contribution in [0.4, 0.5) is 0 Å². The van der Waals surface area contributed by atoms with Crippen molar-refractivity contribution < 1.29 is 22.4 Å². The number of thiazole rings is 1. The van der Waals surface area contributed by atoms with E-state index in [0.717, 1.165) is 15.8 Å². The Morgan fingerprint density at radius 1 is 1.15 bits per heavy atom. The van der Waals surface area contributed by atoms with Crippen molar-refractivity contribution in [2.24, 2.45) is 11.1 Å². The third-order valence-electron chi connectivity index (χ3n) is 5.34. The number of primary sulfonamides is 1. The predicted octanol–water partition coefficient (Wildman–Crippen LogP) is 1.90. The Balaban J connectivity index is 1.37. The summed E-state index contributed by atoms with van der Waals surface area (Å²) < 4.78 is 29.2. The van der Waals surface area contributed by atoms with Crippen LogP contribution in [-0.4, -0.2) is 41.8 Å². The van der Waals surface area contributed by atoms with Crippen LogP contribution in [0.5, 0.6) is 0 Å². The zero-order chi connectivity index (χ0) is 23.2. The summed E-state index contributed by atoms with van der Waals surface area (Å²) in [6.07, 6.45) is 0.981. The number of nitrogens with two attached hydrogens (primary N) is 1. The summed E-state index contributed by atoms with van der Waals surface area (Å²) in [6.45, 7) is 0.618. The minimum absolute atomic E-state index is 0.0329. The maximum Gasteiger partial charge on any atom is 0.291 e. The van der Waals surface area contributed by atoms with E-state index in [9.17, 15) is 18.0 Å². The Kier molecular flexibility index (Phi) is 5.27. The molecule has 1 atom stereocenters. The zero-order valence-corrected chi connectivity index (χ0v) is 18.6. The molecule has 3 heterocycles. The summed E-state index contributed by atoms with van der Waals surface area (Å²) in [4.78, 5) is 29.0. The number of benzene rings is 2. The lowest BCUT2D eigenvalue weighted by Gasteiger charge is -2.03. The third kappa shape index (κ3) is 4.27. The molecule has 0 spiro atoms. The summed E-state index contributed by atoms with van der Waals surface area (Å²) in [5.41, 5.74) is 2.26. The van der Waals surface area contributed by atoms with E-state index in [1.54, 1.807) is 18.2 Å². The minimum Gasteiger partial charge on any atom is -0.418 e. The minimum atomic E-state index is -3.76. The Hall–Kier alpha value is -3.48. The fourth-order valence-electron chi connectivity index (χ4n) is 3.61. The van der Waals surface area contributed by atoms with Crippen LogP contribution in [0.25, 0.3) is 21.3 Å². The highest BCUT2D eigenvalue weighted by Crippen LogP contribution is 2.30. The van der Waals surface area contributed by atoms with Crippen LogP contribution in [0.3, 0.4) is 0 Å². The molecule has 10 nitrogen and oxygen atoms in total. The number of nitrogens with zero attached hydrogens (tertiary/aromatic N) is 3. The molecule has 0 unspecified atom stereocenters. The second-order valence-electron chi connectivity index (χ2n) is 7.58. The van der Waals surface area contributed by atoms with Crippen LogP contribution in [0, 0.1) is 5.92 Å². The van der Waals surface area contributed by atoms with Gasteiger partial charge in [-0.15, -0.1) is 21.5 Å². The normalized spacial score (nSPS) is 16.3. The maximum absolute atomic E-state index is 12.8. The number of carbonyl (C=O) groups is 2. The third-order valence-corrected chi connectivity index (χ3v) is 7.29. The molecule has 1 saturated heterocycles. The highest BCUT2D eigenvalue weighted by Gasteiger charge is 2.28. The molecule has 0 bridgehead atoms. The topological polar surface area (TPSA) is 158 Å². The molecule has 0 saturated carbocycles. The molecule has 168 valence electrons. The van der Waals surface area contributed by atoms with Crippen molar-refractivity contribution in [2.45, 2.75) is 17.7 Å². The van der Waals surface area contributed by atoms with E-state index in [1.165, 1.54) is 23.5 Å². The molecule has 2 aromatic heterocycles. The number of aromatic nitrogens is 3. The summed E-state index contributed by atoms with van der Waals surface area (Å²) >= 11 is 1.19. The fourth-order valence-corrected chi connectivity index (χ4v) is 5.06. The molecular formula is C21H17N5O5S2. The van der Waals surface area contributed by atoms with Gasteiger partial charge in [0.15, 0.2) is 5.01 Å². The van der Waals surface area contributed by atoms with E-state index in [0.29, 0.717) is 24.9 Å². The molecule has 1 aliphatic heterocycles. The van der Waals surface area contributed by atoms with Gasteiger partial charge in [-0.2, -0.15) is 0 Å². The summed E-state index contributed by atoms with van der Waals surface area (Å²) in [6, 6.07) is 11.7. The zero-order valence-electron chi connectivity index (χ0n) is 17.0. The smallest absolute Gasteiger partial charge is 0.291 e. The van der Waals surface area contributed by atoms with Gasteiger partial charge in [0.05, 0.1) is 15.1 Å². The number of carbonyl (C=O) groups excluding carboxylic acids is 2. The first kappa shape index (κ1) is 21.4. The van der Waals surface area contributed by atoms with E-state index < -0.39 is 15.8 Å². The molecule has 12 heteroatoms. The van der Waals surface area contributed by atoms with Crippen molar-refractivity contribution in [2.75, 3.05) is 6.54 Å². The number of ketones is 1. The first-order valence-corrected chi connectivity index (χ1v) is 12.3. The first-order valence-electron chi connectivity index (χ1n) is 9.96.